The highest BCUT2D eigenvalue weighted by Crippen LogP contribution is 2.37. The number of benzene rings is 1. The van der Waals surface area contributed by atoms with E-state index in [0.29, 0.717) is 0 Å². The molecule has 0 saturated carbocycles. The lowest BCUT2D eigenvalue weighted by molar-refractivity contribution is 0.186. The molecule has 0 bridgehead atoms. The Labute approximate surface area is 102 Å². The molecule has 0 heterocycles. The van der Waals surface area contributed by atoms with Crippen LogP contribution in [0.2, 0.25) is 0 Å². The second-order valence-corrected chi connectivity index (χ2v) is 4.69. The van der Waals surface area contributed by atoms with Crippen LogP contribution in [0, 0.1) is 0 Å². The van der Waals surface area contributed by atoms with Crippen LogP contribution in [0.5, 0.6) is 5.75 Å². The summed E-state index contributed by atoms with van der Waals surface area (Å²) in [5.74, 6) is 0.787. The molecule has 0 radical (unpaired) electrons. The minimum atomic E-state index is -0.627. The van der Waals surface area contributed by atoms with Gasteiger partial charge >= 0.3 is 0 Å². The molecule has 84 valence electrons. The lowest BCUT2D eigenvalue weighted by atomic mass is 10.1. The predicted molar refractivity (Wildman–Crippen MR) is 66.5 cm³/mol. The van der Waals surface area contributed by atoms with Crippen molar-refractivity contribution in [3.63, 3.8) is 0 Å². The maximum absolute atomic E-state index is 9.64. The molecule has 3 N–H and O–H groups in total. The first-order valence-electron chi connectivity index (χ1n) is 4.43. The highest BCUT2D eigenvalue weighted by molar-refractivity contribution is 9.10. The molecule has 1 atom stereocenters. The van der Waals surface area contributed by atoms with Crippen molar-refractivity contribution in [3.8, 4) is 5.75 Å². The van der Waals surface area contributed by atoms with Gasteiger partial charge in [0.05, 0.1) is 22.6 Å². The molecule has 0 aliphatic carbocycles. The number of aliphatic hydroxyl groups excluding tert-OH is 1. The molecule has 3 nitrogen and oxygen atoms in total. The Morgan fingerprint density at radius 2 is 2.27 bits per heavy atom. The van der Waals surface area contributed by atoms with Crippen LogP contribution >= 0.6 is 27.7 Å². The van der Waals surface area contributed by atoms with Gasteiger partial charge in [-0.1, -0.05) is 0 Å². The van der Waals surface area contributed by atoms with E-state index in [2.05, 4.69) is 15.9 Å². The van der Waals surface area contributed by atoms with Crippen molar-refractivity contribution in [1.82, 2.24) is 0 Å². The normalized spacial score (nSPS) is 12.6. The summed E-state index contributed by atoms with van der Waals surface area (Å²) in [6.45, 7) is 0.215. The Morgan fingerprint density at radius 1 is 1.60 bits per heavy atom. The van der Waals surface area contributed by atoms with Gasteiger partial charge in [-0.15, -0.1) is 11.8 Å². The molecule has 0 aromatic heterocycles. The molecule has 15 heavy (non-hydrogen) atoms. The van der Waals surface area contributed by atoms with E-state index in [0.717, 1.165) is 20.7 Å². The van der Waals surface area contributed by atoms with Crippen molar-refractivity contribution in [2.24, 2.45) is 5.73 Å². The average Bonchev–Trinajstić information content (AvgIpc) is 2.26. The summed E-state index contributed by atoms with van der Waals surface area (Å²) in [6.07, 6.45) is 1.33. The zero-order valence-corrected chi connectivity index (χ0v) is 11.1. The molecule has 5 heteroatoms. The number of ether oxygens (including phenoxy) is 1. The molecule has 1 rings (SSSR count). The lowest BCUT2D eigenvalue weighted by Crippen LogP contribution is -2.11. The average molecular weight is 292 g/mol. The summed E-state index contributed by atoms with van der Waals surface area (Å²) >= 11 is 4.98. The SMILES string of the molecule is COc1c(Br)cc(C(O)CN)cc1SC. The molecule has 0 spiro atoms. The topological polar surface area (TPSA) is 55.5 Å². The number of nitrogens with two attached hydrogens (primary N) is 1. The summed E-state index contributed by atoms with van der Waals surface area (Å²) in [5, 5.41) is 9.64. The molecular formula is C10H14BrNO2S. The van der Waals surface area contributed by atoms with Gasteiger partial charge in [0.1, 0.15) is 5.75 Å². The molecule has 0 amide bonds. The summed E-state index contributed by atoms with van der Waals surface area (Å²) in [7, 11) is 1.62. The summed E-state index contributed by atoms with van der Waals surface area (Å²) in [5.41, 5.74) is 6.21. The van der Waals surface area contributed by atoms with Gasteiger partial charge in [0.25, 0.3) is 0 Å². The molecule has 1 aromatic rings. The second kappa shape index (κ2) is 5.75. The van der Waals surface area contributed by atoms with Crippen molar-refractivity contribution >= 4 is 27.7 Å². The van der Waals surface area contributed by atoms with Gasteiger partial charge in [-0.2, -0.15) is 0 Å². The van der Waals surface area contributed by atoms with Crippen LogP contribution < -0.4 is 10.5 Å². The van der Waals surface area contributed by atoms with E-state index >= 15 is 0 Å². The first-order valence-corrected chi connectivity index (χ1v) is 6.45. The Balaban J connectivity index is 3.19. The minimum Gasteiger partial charge on any atom is -0.494 e. The molecule has 1 unspecified atom stereocenters. The monoisotopic (exact) mass is 291 g/mol. The van der Waals surface area contributed by atoms with E-state index < -0.39 is 6.10 Å². The third-order valence-corrected chi connectivity index (χ3v) is 3.40. The van der Waals surface area contributed by atoms with E-state index in [1.54, 1.807) is 18.9 Å². The second-order valence-electron chi connectivity index (χ2n) is 2.99. The number of rotatable bonds is 4. The largest absolute Gasteiger partial charge is 0.494 e. The van der Waals surface area contributed by atoms with Crippen molar-refractivity contribution < 1.29 is 9.84 Å². The Kier molecular flexibility index (Phi) is 4.92. The van der Waals surface area contributed by atoms with Crippen molar-refractivity contribution in [2.45, 2.75) is 11.0 Å². The lowest BCUT2D eigenvalue weighted by Gasteiger charge is -2.14. The van der Waals surface area contributed by atoms with E-state index in [-0.39, 0.29) is 6.54 Å². The third-order valence-electron chi connectivity index (χ3n) is 2.06. The number of thioether (sulfide) groups is 1. The fraction of sp³-hybridized carbons (Fsp3) is 0.400. The van der Waals surface area contributed by atoms with Crippen LogP contribution in [0.3, 0.4) is 0 Å². The van der Waals surface area contributed by atoms with Gasteiger partial charge in [0, 0.05) is 6.54 Å². The zero-order chi connectivity index (χ0) is 11.4. The van der Waals surface area contributed by atoms with Crippen LogP contribution in [0.4, 0.5) is 0 Å². The summed E-state index contributed by atoms with van der Waals surface area (Å²) in [4.78, 5) is 0.981. The maximum atomic E-state index is 9.64. The zero-order valence-electron chi connectivity index (χ0n) is 8.66. The van der Waals surface area contributed by atoms with E-state index in [1.165, 1.54) is 0 Å². The van der Waals surface area contributed by atoms with Crippen molar-refractivity contribution in [2.75, 3.05) is 19.9 Å². The fourth-order valence-electron chi connectivity index (χ4n) is 1.27. The number of aliphatic hydroxyl groups is 1. The van der Waals surface area contributed by atoms with Gasteiger partial charge in [-0.3, -0.25) is 0 Å². The van der Waals surface area contributed by atoms with Crippen LogP contribution in [-0.4, -0.2) is 25.0 Å². The van der Waals surface area contributed by atoms with Gasteiger partial charge in [0.15, 0.2) is 0 Å². The molecular weight excluding hydrogens is 278 g/mol. The molecule has 0 aliphatic rings. The van der Waals surface area contributed by atoms with Crippen LogP contribution in [0.25, 0.3) is 0 Å². The quantitative estimate of drug-likeness (QED) is 0.835. The van der Waals surface area contributed by atoms with Crippen LogP contribution in [0.1, 0.15) is 11.7 Å². The number of halogens is 1. The Hall–Kier alpha value is -0.230. The third kappa shape index (κ3) is 2.87. The molecule has 0 fully saturated rings. The standard InChI is InChI=1S/C10H14BrNO2S/c1-14-10-7(11)3-6(8(13)5-12)4-9(10)15-2/h3-4,8,13H,5,12H2,1-2H3. The Bertz CT molecular complexity index is 346. The molecule has 0 aliphatic heterocycles. The van der Waals surface area contributed by atoms with Crippen LogP contribution in [-0.2, 0) is 0 Å². The number of hydrogen-bond donors (Lipinski definition) is 2. The maximum Gasteiger partial charge on any atom is 0.146 e. The van der Waals surface area contributed by atoms with Gasteiger partial charge in [-0.05, 0) is 39.9 Å². The highest BCUT2D eigenvalue weighted by Gasteiger charge is 2.13. The van der Waals surface area contributed by atoms with E-state index in [1.807, 2.05) is 18.4 Å². The minimum absolute atomic E-state index is 0.215. The first-order chi connectivity index (χ1) is 7.13. The fourth-order valence-corrected chi connectivity index (χ4v) is 2.67. The summed E-state index contributed by atoms with van der Waals surface area (Å²) in [6, 6.07) is 3.72. The molecule has 1 aromatic carbocycles. The number of hydrogen-bond acceptors (Lipinski definition) is 4. The highest BCUT2D eigenvalue weighted by atomic mass is 79.9. The Morgan fingerprint density at radius 3 is 2.73 bits per heavy atom. The van der Waals surface area contributed by atoms with Crippen molar-refractivity contribution in [3.05, 3.63) is 22.2 Å². The smallest absolute Gasteiger partial charge is 0.146 e. The van der Waals surface area contributed by atoms with Gasteiger partial charge in [0.2, 0.25) is 0 Å². The van der Waals surface area contributed by atoms with E-state index in [4.69, 9.17) is 10.5 Å². The van der Waals surface area contributed by atoms with Crippen LogP contribution in [0.15, 0.2) is 21.5 Å². The van der Waals surface area contributed by atoms with E-state index in [9.17, 15) is 5.11 Å². The summed E-state index contributed by atoms with van der Waals surface area (Å²) < 4.78 is 6.09. The number of methoxy groups -OCH3 is 1. The van der Waals surface area contributed by atoms with Crippen molar-refractivity contribution in [1.29, 1.82) is 0 Å². The van der Waals surface area contributed by atoms with Gasteiger partial charge in [-0.25, -0.2) is 0 Å². The predicted octanol–water partition coefficient (Wildman–Crippen LogP) is 2.17. The van der Waals surface area contributed by atoms with Gasteiger partial charge < -0.3 is 15.6 Å². The first kappa shape index (κ1) is 12.8. The molecule has 0 saturated heterocycles.